The van der Waals surface area contributed by atoms with Crippen LogP contribution in [0.15, 0.2) is 60.8 Å². The predicted octanol–water partition coefficient (Wildman–Crippen LogP) is 21.2. The third kappa shape index (κ3) is 58.0. The summed E-state index contributed by atoms with van der Waals surface area (Å²) in [5, 5.41) is 0. The quantitative estimate of drug-likeness (QED) is 0.0261. The second-order valence-electron chi connectivity index (χ2n) is 20.9. The van der Waals surface area contributed by atoms with Crippen LogP contribution in [0.25, 0.3) is 0 Å². The number of carbonyl (C=O) groups is 3. The van der Waals surface area contributed by atoms with Crippen LogP contribution in [0.4, 0.5) is 0 Å². The van der Waals surface area contributed by atoms with E-state index in [9.17, 15) is 14.4 Å². The van der Waals surface area contributed by atoms with Crippen molar-refractivity contribution >= 4 is 17.9 Å². The molecule has 418 valence electrons. The van der Waals surface area contributed by atoms with E-state index in [4.69, 9.17) is 14.2 Å². The summed E-state index contributed by atoms with van der Waals surface area (Å²) in [6.07, 6.45) is 77.0. The molecule has 0 aliphatic heterocycles. The normalized spacial score (nSPS) is 12.4. The molecule has 0 rings (SSSR count). The number of unbranched alkanes of at least 4 members (excludes halogenated alkanes) is 36. The van der Waals surface area contributed by atoms with Crippen molar-refractivity contribution < 1.29 is 28.6 Å². The molecule has 0 heterocycles. The van der Waals surface area contributed by atoms with Crippen molar-refractivity contribution in [1.82, 2.24) is 0 Å². The van der Waals surface area contributed by atoms with Crippen molar-refractivity contribution in [2.45, 2.75) is 329 Å². The van der Waals surface area contributed by atoms with E-state index in [1.54, 1.807) is 0 Å². The van der Waals surface area contributed by atoms with Crippen LogP contribution in [0.3, 0.4) is 0 Å². The van der Waals surface area contributed by atoms with Crippen LogP contribution in [0, 0.1) is 0 Å². The smallest absolute Gasteiger partial charge is 0.306 e. The number of ether oxygens (including phenoxy) is 3. The zero-order chi connectivity index (χ0) is 52.2. The summed E-state index contributed by atoms with van der Waals surface area (Å²) in [7, 11) is 0. The highest BCUT2D eigenvalue weighted by Crippen LogP contribution is 2.17. The van der Waals surface area contributed by atoms with Gasteiger partial charge in [-0.1, -0.05) is 293 Å². The Balaban J connectivity index is 4.19. The van der Waals surface area contributed by atoms with E-state index in [2.05, 4.69) is 75.5 Å². The van der Waals surface area contributed by atoms with Gasteiger partial charge in [0.15, 0.2) is 6.10 Å². The summed E-state index contributed by atoms with van der Waals surface area (Å²) in [6, 6.07) is 0. The number of carbonyl (C=O) groups excluding carboxylic acids is 3. The Labute approximate surface area is 447 Å². The molecule has 0 saturated carbocycles. The zero-order valence-electron chi connectivity index (χ0n) is 47.9. The molecular formula is C66H118O6. The Morgan fingerprint density at radius 1 is 0.292 bits per heavy atom. The van der Waals surface area contributed by atoms with Gasteiger partial charge in [0.1, 0.15) is 13.2 Å². The molecule has 0 N–H and O–H groups in total. The SMILES string of the molecule is CC/C=C\C/C=C\C/C=C\C/C=C\CCC(=O)OC(COC(=O)CCCCCCC/C=C\CCCCCC)COC(=O)CCCCCCCCCCCCCCCCCCCCCCCCCCCCCC. The zero-order valence-corrected chi connectivity index (χ0v) is 47.9. The number of esters is 3. The first kappa shape index (κ1) is 69.1. The van der Waals surface area contributed by atoms with E-state index >= 15 is 0 Å². The fourth-order valence-corrected chi connectivity index (χ4v) is 9.10. The van der Waals surface area contributed by atoms with Crippen molar-refractivity contribution in [3.8, 4) is 0 Å². The third-order valence-corrected chi connectivity index (χ3v) is 13.8. The standard InChI is InChI=1S/C66H118O6/c1-4-7-10-13-16-19-22-25-26-27-28-29-30-31-32-33-34-35-36-37-38-39-42-44-47-50-53-56-59-65(68)71-62-63(72-66(69)60-57-54-51-48-45-41-24-21-18-15-12-9-6-3)61-70-64(67)58-55-52-49-46-43-40-23-20-17-14-11-8-5-2/h9,12,18,20-21,23,41,45,51,54,63H,4-8,10-11,13-17,19,22,24-40,42-44,46-50,52-53,55-62H2,1-3H3/b12-9-,21-18-,23-20-,45-41-,54-51-. The lowest BCUT2D eigenvalue weighted by atomic mass is 10.0. The molecule has 0 aromatic rings. The lowest BCUT2D eigenvalue weighted by molar-refractivity contribution is -0.166. The molecule has 0 fully saturated rings. The average Bonchev–Trinajstić information content (AvgIpc) is 3.38. The molecule has 1 atom stereocenters. The summed E-state index contributed by atoms with van der Waals surface area (Å²) >= 11 is 0. The molecule has 0 bridgehead atoms. The highest BCUT2D eigenvalue weighted by atomic mass is 16.6. The molecule has 6 nitrogen and oxygen atoms in total. The lowest BCUT2D eigenvalue weighted by Gasteiger charge is -2.18. The summed E-state index contributed by atoms with van der Waals surface area (Å²) in [6.45, 7) is 6.48. The Morgan fingerprint density at radius 3 is 0.917 bits per heavy atom. The van der Waals surface area contributed by atoms with Gasteiger partial charge in [-0.15, -0.1) is 0 Å². The average molecular weight is 1010 g/mol. The van der Waals surface area contributed by atoms with E-state index in [1.807, 2.05) is 6.08 Å². The predicted molar refractivity (Wildman–Crippen MR) is 312 cm³/mol. The van der Waals surface area contributed by atoms with Gasteiger partial charge in [0.2, 0.25) is 0 Å². The highest BCUT2D eigenvalue weighted by molar-refractivity contribution is 5.71. The van der Waals surface area contributed by atoms with Gasteiger partial charge in [0.25, 0.3) is 0 Å². The van der Waals surface area contributed by atoms with Crippen LogP contribution < -0.4 is 0 Å². The number of allylic oxidation sites excluding steroid dienone is 10. The monoisotopic (exact) mass is 1010 g/mol. The van der Waals surface area contributed by atoms with Gasteiger partial charge >= 0.3 is 17.9 Å². The molecular weight excluding hydrogens is 889 g/mol. The fraction of sp³-hybridized carbons (Fsp3) is 0.803. The number of rotatable bonds is 57. The van der Waals surface area contributed by atoms with Crippen molar-refractivity contribution in [1.29, 1.82) is 0 Å². The Kier molecular flexibility index (Phi) is 58.2. The summed E-state index contributed by atoms with van der Waals surface area (Å²) in [5.74, 6) is -0.981. The van der Waals surface area contributed by atoms with E-state index < -0.39 is 6.10 Å². The van der Waals surface area contributed by atoms with E-state index in [0.717, 1.165) is 70.6 Å². The number of hydrogen-bond acceptors (Lipinski definition) is 6. The molecule has 0 aliphatic carbocycles. The van der Waals surface area contributed by atoms with Crippen LogP contribution in [0.1, 0.15) is 323 Å². The Bertz CT molecular complexity index is 1290. The van der Waals surface area contributed by atoms with Crippen molar-refractivity contribution in [2.24, 2.45) is 0 Å². The topological polar surface area (TPSA) is 78.9 Å². The lowest BCUT2D eigenvalue weighted by Crippen LogP contribution is -2.30. The summed E-state index contributed by atoms with van der Waals surface area (Å²) in [5.41, 5.74) is 0. The van der Waals surface area contributed by atoms with Crippen molar-refractivity contribution in [2.75, 3.05) is 13.2 Å². The molecule has 0 aromatic carbocycles. The van der Waals surface area contributed by atoms with Gasteiger partial charge in [0.05, 0.1) is 0 Å². The minimum atomic E-state index is -0.814. The van der Waals surface area contributed by atoms with Crippen LogP contribution in [-0.4, -0.2) is 37.2 Å². The fourth-order valence-electron chi connectivity index (χ4n) is 9.10. The molecule has 6 heteroatoms. The molecule has 0 spiro atoms. The summed E-state index contributed by atoms with van der Waals surface area (Å²) < 4.78 is 16.8. The van der Waals surface area contributed by atoms with Gasteiger partial charge in [-0.25, -0.2) is 0 Å². The van der Waals surface area contributed by atoms with Gasteiger partial charge in [-0.3, -0.25) is 14.4 Å². The minimum absolute atomic E-state index is 0.103. The molecule has 72 heavy (non-hydrogen) atoms. The maximum atomic E-state index is 12.8. The molecule has 0 aromatic heterocycles. The van der Waals surface area contributed by atoms with Gasteiger partial charge < -0.3 is 14.2 Å². The highest BCUT2D eigenvalue weighted by Gasteiger charge is 2.19. The maximum absolute atomic E-state index is 12.8. The van der Waals surface area contributed by atoms with Gasteiger partial charge in [0, 0.05) is 19.3 Å². The largest absolute Gasteiger partial charge is 0.462 e. The minimum Gasteiger partial charge on any atom is -0.462 e. The van der Waals surface area contributed by atoms with Crippen LogP contribution >= 0.6 is 0 Å². The van der Waals surface area contributed by atoms with Crippen LogP contribution in [0.5, 0.6) is 0 Å². The Hall–Kier alpha value is -2.89. The van der Waals surface area contributed by atoms with Crippen LogP contribution in [0.2, 0.25) is 0 Å². The second-order valence-corrected chi connectivity index (χ2v) is 20.9. The van der Waals surface area contributed by atoms with Crippen molar-refractivity contribution in [3.05, 3.63) is 60.8 Å². The van der Waals surface area contributed by atoms with Crippen molar-refractivity contribution in [3.63, 3.8) is 0 Å². The van der Waals surface area contributed by atoms with E-state index in [-0.39, 0.29) is 37.5 Å². The maximum Gasteiger partial charge on any atom is 0.306 e. The van der Waals surface area contributed by atoms with Gasteiger partial charge in [-0.2, -0.15) is 0 Å². The van der Waals surface area contributed by atoms with Crippen LogP contribution in [-0.2, 0) is 28.6 Å². The van der Waals surface area contributed by atoms with E-state index in [0.29, 0.717) is 19.3 Å². The van der Waals surface area contributed by atoms with E-state index in [1.165, 1.54) is 205 Å². The molecule has 1 unspecified atom stereocenters. The second kappa shape index (κ2) is 60.7. The first-order chi connectivity index (χ1) is 35.5. The number of hydrogen-bond donors (Lipinski definition) is 0. The first-order valence-electron chi connectivity index (χ1n) is 31.3. The summed E-state index contributed by atoms with van der Waals surface area (Å²) in [4.78, 5) is 38.1. The Morgan fingerprint density at radius 2 is 0.569 bits per heavy atom. The van der Waals surface area contributed by atoms with Gasteiger partial charge in [-0.05, 0) is 70.6 Å². The third-order valence-electron chi connectivity index (χ3n) is 13.8. The molecule has 0 amide bonds. The first-order valence-corrected chi connectivity index (χ1v) is 31.3. The molecule has 0 saturated heterocycles. The molecule has 0 radical (unpaired) electrons. The molecule has 0 aliphatic rings.